The van der Waals surface area contributed by atoms with E-state index < -0.39 is 16.0 Å². The van der Waals surface area contributed by atoms with E-state index in [4.69, 9.17) is 5.73 Å². The highest BCUT2D eigenvalue weighted by Crippen LogP contribution is 2.11. The average Bonchev–Trinajstić information content (AvgIpc) is 2.02. The van der Waals surface area contributed by atoms with Crippen molar-refractivity contribution >= 4 is 15.9 Å². The molecule has 0 aliphatic rings. The Bertz CT molecular complexity index is 451. The van der Waals surface area contributed by atoms with E-state index >= 15 is 0 Å². The van der Waals surface area contributed by atoms with Gasteiger partial charge in [0, 0.05) is 0 Å². The second-order valence-corrected chi connectivity index (χ2v) is 3.74. The van der Waals surface area contributed by atoms with Gasteiger partial charge in [-0.15, -0.1) is 3.89 Å². The first kappa shape index (κ1) is 10.6. The van der Waals surface area contributed by atoms with Crippen LogP contribution >= 0.6 is 0 Å². The summed E-state index contributed by atoms with van der Waals surface area (Å²) < 4.78 is 45.0. The second kappa shape index (κ2) is 3.75. The maximum Gasteiger partial charge on any atom is 0.327 e. The molecule has 0 aliphatic carbocycles. The molecule has 1 aromatic rings. The number of benzene rings is 1. The van der Waals surface area contributed by atoms with Crippen molar-refractivity contribution in [2.24, 2.45) is 5.73 Å². The Labute approximate surface area is 80.1 Å². The van der Waals surface area contributed by atoms with Crippen LogP contribution in [0.3, 0.4) is 0 Å². The fourth-order valence-electron chi connectivity index (χ4n) is 0.862. The van der Waals surface area contributed by atoms with Crippen LogP contribution in [0.2, 0.25) is 0 Å². The second-order valence-electron chi connectivity index (χ2n) is 2.56. The first-order valence-corrected chi connectivity index (χ1v) is 5.01. The van der Waals surface area contributed by atoms with Crippen LogP contribution in [-0.4, -0.2) is 8.42 Å². The van der Waals surface area contributed by atoms with Gasteiger partial charge in [0.2, 0.25) is 0 Å². The Hall–Kier alpha value is -1.43. The van der Waals surface area contributed by atoms with Crippen LogP contribution in [0.25, 0.3) is 5.70 Å². The molecular weight excluding hydrogens is 212 g/mol. The van der Waals surface area contributed by atoms with E-state index in [1.807, 2.05) is 0 Å². The highest BCUT2D eigenvalue weighted by molar-refractivity contribution is 7.89. The molecule has 0 atom stereocenters. The average molecular weight is 219 g/mol. The predicted molar refractivity (Wildman–Crippen MR) is 48.6 cm³/mol. The molecule has 3 nitrogen and oxygen atoms in total. The van der Waals surface area contributed by atoms with Crippen LogP contribution in [0.4, 0.5) is 8.28 Å². The molecule has 76 valence electrons. The topological polar surface area (TPSA) is 60.2 Å². The third-order valence-corrected chi connectivity index (χ3v) is 1.98. The van der Waals surface area contributed by atoms with E-state index in [0.717, 1.165) is 12.1 Å². The lowest BCUT2D eigenvalue weighted by atomic mass is 10.2. The van der Waals surface area contributed by atoms with Gasteiger partial charge in [-0.2, -0.15) is 8.42 Å². The molecule has 0 heterocycles. The molecule has 1 rings (SSSR count). The molecule has 0 fully saturated rings. The fraction of sp³-hybridized carbons (Fsp3) is 0. The van der Waals surface area contributed by atoms with Crippen molar-refractivity contribution in [3.05, 3.63) is 41.1 Å². The number of hydrogen-bond donors (Lipinski definition) is 1. The third kappa shape index (κ3) is 3.14. The number of hydrogen-bond acceptors (Lipinski definition) is 3. The summed E-state index contributed by atoms with van der Waals surface area (Å²) in [5.74, 6) is -0.482. The van der Waals surface area contributed by atoms with Gasteiger partial charge in [-0.1, -0.05) is 0 Å². The van der Waals surface area contributed by atoms with E-state index in [1.54, 1.807) is 0 Å². The zero-order valence-corrected chi connectivity index (χ0v) is 7.76. The Kier molecular flexibility index (Phi) is 2.85. The molecule has 14 heavy (non-hydrogen) atoms. The number of nitrogens with two attached hydrogens (primary N) is 1. The van der Waals surface area contributed by atoms with Crippen molar-refractivity contribution in [2.45, 2.75) is 0 Å². The van der Waals surface area contributed by atoms with Crippen molar-refractivity contribution in [3.63, 3.8) is 0 Å². The summed E-state index contributed by atoms with van der Waals surface area (Å²) in [5, 5.41) is 0.278. The van der Waals surface area contributed by atoms with Crippen molar-refractivity contribution in [1.29, 1.82) is 0 Å². The molecule has 0 aromatic heterocycles. The Morgan fingerprint density at radius 1 is 1.29 bits per heavy atom. The molecule has 6 heteroatoms. The van der Waals surface area contributed by atoms with Crippen LogP contribution < -0.4 is 5.73 Å². The van der Waals surface area contributed by atoms with Crippen LogP contribution in [-0.2, 0) is 10.2 Å². The van der Waals surface area contributed by atoms with Gasteiger partial charge >= 0.3 is 10.2 Å². The van der Waals surface area contributed by atoms with E-state index in [2.05, 4.69) is 0 Å². The van der Waals surface area contributed by atoms with Crippen LogP contribution in [0, 0.1) is 5.82 Å². The number of rotatable bonds is 2. The lowest BCUT2D eigenvalue weighted by molar-refractivity contribution is 0.563. The lowest BCUT2D eigenvalue weighted by Crippen LogP contribution is -1.99. The summed E-state index contributed by atoms with van der Waals surface area (Å²) in [4.78, 5) is 0. The molecule has 2 N–H and O–H groups in total. The predicted octanol–water partition coefficient (Wildman–Crippen LogP) is 1.38. The quantitative estimate of drug-likeness (QED) is 0.764. The fourth-order valence-corrected chi connectivity index (χ4v) is 1.30. The highest BCUT2D eigenvalue weighted by Gasteiger charge is 2.05. The van der Waals surface area contributed by atoms with Crippen LogP contribution in [0.15, 0.2) is 29.7 Å². The molecule has 0 saturated heterocycles. The molecule has 0 unspecified atom stereocenters. The van der Waals surface area contributed by atoms with Gasteiger partial charge < -0.3 is 5.73 Å². The Morgan fingerprint density at radius 3 is 2.21 bits per heavy atom. The normalized spacial score (nSPS) is 12.9. The minimum atomic E-state index is -4.76. The van der Waals surface area contributed by atoms with Crippen molar-refractivity contribution < 1.29 is 16.7 Å². The molecule has 1 aromatic carbocycles. The van der Waals surface area contributed by atoms with Gasteiger partial charge in [0.25, 0.3) is 0 Å². The zero-order chi connectivity index (χ0) is 10.8. The maximum atomic E-state index is 12.4. The molecule has 0 bridgehead atoms. The zero-order valence-electron chi connectivity index (χ0n) is 6.94. The molecule has 0 saturated carbocycles. The van der Waals surface area contributed by atoms with Gasteiger partial charge in [0.1, 0.15) is 5.82 Å². The third-order valence-electron chi connectivity index (χ3n) is 1.45. The molecule has 0 aliphatic heterocycles. The first-order valence-electron chi connectivity index (χ1n) is 3.56. The maximum absolute atomic E-state index is 12.4. The van der Waals surface area contributed by atoms with Gasteiger partial charge in [0.05, 0.1) is 11.1 Å². The van der Waals surface area contributed by atoms with Crippen molar-refractivity contribution in [3.8, 4) is 0 Å². The van der Waals surface area contributed by atoms with Gasteiger partial charge in [-0.25, -0.2) is 4.39 Å². The van der Waals surface area contributed by atoms with Crippen molar-refractivity contribution in [2.75, 3.05) is 0 Å². The molecular formula is C8H7F2NO2S. The monoisotopic (exact) mass is 219 g/mol. The minimum Gasteiger partial charge on any atom is -0.398 e. The van der Waals surface area contributed by atoms with E-state index in [1.165, 1.54) is 12.1 Å². The summed E-state index contributed by atoms with van der Waals surface area (Å²) in [6.07, 6.45) is 0. The van der Waals surface area contributed by atoms with Gasteiger partial charge in [0.15, 0.2) is 0 Å². The Morgan fingerprint density at radius 2 is 1.79 bits per heavy atom. The summed E-state index contributed by atoms with van der Waals surface area (Å²) >= 11 is 0. The summed E-state index contributed by atoms with van der Waals surface area (Å²) in [7, 11) is -4.76. The summed E-state index contributed by atoms with van der Waals surface area (Å²) in [6, 6.07) is 4.71. The summed E-state index contributed by atoms with van der Waals surface area (Å²) in [6.45, 7) is 0. The summed E-state index contributed by atoms with van der Waals surface area (Å²) in [5.41, 5.74) is 5.22. The largest absolute Gasteiger partial charge is 0.398 e. The Balaban J connectivity index is 3.07. The van der Waals surface area contributed by atoms with Crippen LogP contribution in [0.1, 0.15) is 5.56 Å². The van der Waals surface area contributed by atoms with Gasteiger partial charge in [-0.05, 0) is 29.8 Å². The standard InChI is InChI=1S/C8H7F2NO2S/c9-7-3-1-6(2-4-7)8(11)5-14(10,12)13/h1-5H,11H2/b8-5+. The van der Waals surface area contributed by atoms with E-state index in [0.29, 0.717) is 0 Å². The van der Waals surface area contributed by atoms with E-state index in [-0.39, 0.29) is 16.7 Å². The number of halogens is 2. The minimum absolute atomic E-state index is 0.243. The smallest absolute Gasteiger partial charge is 0.327 e. The van der Waals surface area contributed by atoms with Crippen LogP contribution in [0.5, 0.6) is 0 Å². The highest BCUT2D eigenvalue weighted by atomic mass is 32.3. The lowest BCUT2D eigenvalue weighted by Gasteiger charge is -1.99. The molecule has 0 amide bonds. The first-order chi connectivity index (χ1) is 6.38. The van der Waals surface area contributed by atoms with Gasteiger partial charge in [-0.3, -0.25) is 0 Å². The molecule has 0 radical (unpaired) electrons. The van der Waals surface area contributed by atoms with E-state index in [9.17, 15) is 16.7 Å². The molecule has 0 spiro atoms. The SMILES string of the molecule is N/C(=C/S(=O)(=O)F)c1ccc(F)cc1. The van der Waals surface area contributed by atoms with Crippen molar-refractivity contribution in [1.82, 2.24) is 0 Å².